The summed E-state index contributed by atoms with van der Waals surface area (Å²) in [5, 5.41) is 23.3. The van der Waals surface area contributed by atoms with Crippen LogP contribution in [0.3, 0.4) is 0 Å². The van der Waals surface area contributed by atoms with Crippen LogP contribution in [0.25, 0.3) is 0 Å². The van der Waals surface area contributed by atoms with Crippen molar-refractivity contribution in [2.24, 2.45) is 5.92 Å². The minimum Gasteiger partial charge on any atom is -0.497 e. The van der Waals surface area contributed by atoms with Gasteiger partial charge in [-0.3, -0.25) is 10.1 Å². The van der Waals surface area contributed by atoms with Crippen LogP contribution >= 0.6 is 0 Å². The van der Waals surface area contributed by atoms with Crippen LogP contribution in [0.4, 0.5) is 15.8 Å². The molecule has 0 amide bonds. The summed E-state index contributed by atoms with van der Waals surface area (Å²) in [4.78, 5) is 10.1. The summed E-state index contributed by atoms with van der Waals surface area (Å²) in [7, 11) is 1.35. The second-order valence-electron chi connectivity index (χ2n) is 4.79. The third-order valence-corrected chi connectivity index (χ3v) is 2.98. The van der Waals surface area contributed by atoms with Gasteiger partial charge in [-0.1, -0.05) is 13.8 Å². The van der Waals surface area contributed by atoms with Crippen molar-refractivity contribution in [1.29, 1.82) is 0 Å². The predicted molar refractivity (Wildman–Crippen MR) is 73.6 cm³/mol. The van der Waals surface area contributed by atoms with Crippen LogP contribution in [0, 0.1) is 21.8 Å². The molecule has 0 aliphatic rings. The van der Waals surface area contributed by atoms with E-state index in [1.165, 1.54) is 13.2 Å². The molecule has 1 atom stereocenters. The zero-order chi connectivity index (χ0) is 15.3. The largest absolute Gasteiger partial charge is 0.497 e. The van der Waals surface area contributed by atoms with Gasteiger partial charge in [-0.2, -0.15) is 4.39 Å². The van der Waals surface area contributed by atoms with Crippen molar-refractivity contribution in [3.63, 3.8) is 0 Å². The molecule has 7 heteroatoms. The topological polar surface area (TPSA) is 84.6 Å². The molecule has 6 nitrogen and oxygen atoms in total. The van der Waals surface area contributed by atoms with Gasteiger partial charge in [0.2, 0.25) is 5.82 Å². The number of halogens is 1. The fourth-order valence-corrected chi connectivity index (χ4v) is 1.70. The second kappa shape index (κ2) is 7.04. The first-order valence-electron chi connectivity index (χ1n) is 6.30. The van der Waals surface area contributed by atoms with E-state index in [-0.39, 0.29) is 17.4 Å². The lowest BCUT2D eigenvalue weighted by atomic mass is 10.0. The Bertz CT molecular complexity index is 480. The van der Waals surface area contributed by atoms with Crippen molar-refractivity contribution in [1.82, 2.24) is 0 Å². The Morgan fingerprint density at radius 3 is 2.65 bits per heavy atom. The van der Waals surface area contributed by atoms with E-state index < -0.39 is 22.5 Å². The van der Waals surface area contributed by atoms with Gasteiger partial charge in [-0.05, 0) is 12.3 Å². The van der Waals surface area contributed by atoms with E-state index in [9.17, 15) is 19.6 Å². The van der Waals surface area contributed by atoms with E-state index in [1.807, 2.05) is 13.8 Å². The molecule has 0 fully saturated rings. The van der Waals surface area contributed by atoms with Gasteiger partial charge in [0.1, 0.15) is 11.4 Å². The lowest BCUT2D eigenvalue weighted by molar-refractivity contribution is -0.386. The number of nitro groups is 1. The number of hydrogen-bond acceptors (Lipinski definition) is 5. The van der Waals surface area contributed by atoms with Gasteiger partial charge in [0.15, 0.2) is 0 Å². The van der Waals surface area contributed by atoms with Crippen molar-refractivity contribution in [3.8, 4) is 5.75 Å². The fourth-order valence-electron chi connectivity index (χ4n) is 1.70. The highest BCUT2D eigenvalue weighted by Gasteiger charge is 2.22. The minimum absolute atomic E-state index is 0.0443. The van der Waals surface area contributed by atoms with E-state index in [0.717, 1.165) is 6.07 Å². The SMILES string of the molecule is COc1cc(F)c([N+](=O)[O-])c(NCCC(O)C(C)C)c1. The van der Waals surface area contributed by atoms with Gasteiger partial charge in [0.25, 0.3) is 0 Å². The van der Waals surface area contributed by atoms with Crippen LogP contribution < -0.4 is 10.1 Å². The molecule has 1 rings (SSSR count). The Balaban J connectivity index is 2.87. The summed E-state index contributed by atoms with van der Waals surface area (Å²) in [5.41, 5.74) is -0.576. The molecule has 0 aromatic heterocycles. The number of nitrogens with zero attached hydrogens (tertiary/aromatic N) is 1. The predicted octanol–water partition coefficient (Wildman–Crippen LogP) is 2.56. The van der Waals surface area contributed by atoms with E-state index >= 15 is 0 Å². The standard InChI is InChI=1S/C13H19FN2O4/c1-8(2)12(17)4-5-15-11-7-9(20-3)6-10(14)13(11)16(18)19/h6-8,12,15,17H,4-5H2,1-3H3. The number of rotatable bonds is 7. The van der Waals surface area contributed by atoms with Crippen molar-refractivity contribution in [3.05, 3.63) is 28.1 Å². The number of methoxy groups -OCH3 is 1. The molecular formula is C13H19FN2O4. The minimum atomic E-state index is -0.957. The second-order valence-corrected chi connectivity index (χ2v) is 4.79. The molecule has 20 heavy (non-hydrogen) atoms. The van der Waals surface area contributed by atoms with Crippen LogP contribution in [-0.4, -0.2) is 29.8 Å². The van der Waals surface area contributed by atoms with E-state index in [2.05, 4.69) is 5.32 Å². The molecule has 112 valence electrons. The highest BCUT2D eigenvalue weighted by molar-refractivity contribution is 5.65. The number of benzene rings is 1. The first kappa shape index (κ1) is 16.2. The number of aliphatic hydroxyl groups is 1. The molecule has 1 unspecified atom stereocenters. The number of hydrogen-bond donors (Lipinski definition) is 2. The van der Waals surface area contributed by atoms with Gasteiger partial charge in [-0.25, -0.2) is 0 Å². The number of nitrogens with one attached hydrogen (secondary N) is 1. The third-order valence-electron chi connectivity index (χ3n) is 2.98. The Morgan fingerprint density at radius 2 is 2.15 bits per heavy atom. The molecule has 0 spiro atoms. The van der Waals surface area contributed by atoms with Crippen LogP contribution in [0.2, 0.25) is 0 Å². The third kappa shape index (κ3) is 4.06. The number of aliphatic hydroxyl groups excluding tert-OH is 1. The maximum atomic E-state index is 13.7. The van der Waals surface area contributed by atoms with E-state index in [0.29, 0.717) is 13.0 Å². The smallest absolute Gasteiger partial charge is 0.327 e. The summed E-state index contributed by atoms with van der Waals surface area (Å²) in [5.74, 6) is -0.671. The molecule has 0 aliphatic carbocycles. The fraction of sp³-hybridized carbons (Fsp3) is 0.538. The van der Waals surface area contributed by atoms with E-state index in [1.54, 1.807) is 0 Å². The molecule has 0 heterocycles. The highest BCUT2D eigenvalue weighted by Crippen LogP contribution is 2.32. The molecule has 2 N–H and O–H groups in total. The van der Waals surface area contributed by atoms with Crippen molar-refractivity contribution >= 4 is 11.4 Å². The van der Waals surface area contributed by atoms with Gasteiger partial charge >= 0.3 is 5.69 Å². The Hall–Kier alpha value is -1.89. The summed E-state index contributed by atoms with van der Waals surface area (Å²) in [6, 6.07) is 2.33. The lowest BCUT2D eigenvalue weighted by Gasteiger charge is -2.15. The number of nitro benzene ring substituents is 1. The molecule has 0 radical (unpaired) electrons. The maximum Gasteiger partial charge on any atom is 0.327 e. The Morgan fingerprint density at radius 1 is 1.50 bits per heavy atom. The average molecular weight is 286 g/mol. The Kier molecular flexibility index (Phi) is 5.69. The zero-order valence-corrected chi connectivity index (χ0v) is 11.7. The lowest BCUT2D eigenvalue weighted by Crippen LogP contribution is -2.19. The maximum absolute atomic E-state index is 13.7. The summed E-state index contributed by atoms with van der Waals surface area (Å²) in [6.07, 6.45) is -0.106. The van der Waals surface area contributed by atoms with Gasteiger partial charge in [0.05, 0.1) is 18.1 Å². The summed E-state index contributed by atoms with van der Waals surface area (Å²) in [6.45, 7) is 4.05. The monoisotopic (exact) mass is 286 g/mol. The van der Waals surface area contributed by atoms with Gasteiger partial charge in [-0.15, -0.1) is 0 Å². The van der Waals surface area contributed by atoms with E-state index in [4.69, 9.17) is 4.74 Å². The summed E-state index contributed by atoms with van der Waals surface area (Å²) >= 11 is 0. The first-order chi connectivity index (χ1) is 9.36. The Labute approximate surface area is 116 Å². The molecule has 1 aromatic rings. The van der Waals surface area contributed by atoms with Crippen LogP contribution in [0.1, 0.15) is 20.3 Å². The molecule has 0 saturated carbocycles. The van der Waals surface area contributed by atoms with Crippen LogP contribution in [0.15, 0.2) is 12.1 Å². The molecule has 1 aromatic carbocycles. The van der Waals surface area contributed by atoms with Crippen molar-refractivity contribution in [2.75, 3.05) is 19.0 Å². The van der Waals surface area contributed by atoms with Crippen LogP contribution in [-0.2, 0) is 0 Å². The van der Waals surface area contributed by atoms with Gasteiger partial charge < -0.3 is 15.2 Å². The van der Waals surface area contributed by atoms with Crippen LogP contribution in [0.5, 0.6) is 5.75 Å². The summed E-state index contributed by atoms with van der Waals surface area (Å²) < 4.78 is 18.5. The number of anilines is 1. The molecule has 0 bridgehead atoms. The van der Waals surface area contributed by atoms with Gasteiger partial charge in [0, 0.05) is 18.7 Å². The number of ether oxygens (including phenoxy) is 1. The van der Waals surface area contributed by atoms with Crippen molar-refractivity contribution < 1.29 is 19.2 Å². The average Bonchev–Trinajstić information content (AvgIpc) is 2.37. The molecule has 0 aliphatic heterocycles. The molecule has 0 saturated heterocycles. The highest BCUT2D eigenvalue weighted by atomic mass is 19.1. The van der Waals surface area contributed by atoms with Crippen molar-refractivity contribution in [2.45, 2.75) is 26.4 Å². The quantitative estimate of drug-likeness (QED) is 0.594. The normalized spacial score (nSPS) is 12.3. The first-order valence-corrected chi connectivity index (χ1v) is 6.30. The zero-order valence-electron chi connectivity index (χ0n) is 11.7. The molecular weight excluding hydrogens is 267 g/mol.